The summed E-state index contributed by atoms with van der Waals surface area (Å²) in [6.45, 7) is 0.929. The summed E-state index contributed by atoms with van der Waals surface area (Å²) >= 11 is 0. The Kier molecular flexibility index (Phi) is 6.24. The summed E-state index contributed by atoms with van der Waals surface area (Å²) in [6, 6.07) is 15.0. The zero-order valence-corrected chi connectivity index (χ0v) is 17.1. The summed E-state index contributed by atoms with van der Waals surface area (Å²) in [7, 11) is -1.98. The van der Waals surface area contributed by atoms with Crippen molar-refractivity contribution < 1.29 is 17.9 Å². The second-order valence-electron chi connectivity index (χ2n) is 6.89. The van der Waals surface area contributed by atoms with Crippen LogP contribution in [0, 0.1) is 0 Å². The lowest BCUT2D eigenvalue weighted by atomic mass is 10.0. The average Bonchev–Trinajstić information content (AvgIpc) is 2.69. The second kappa shape index (κ2) is 8.65. The van der Waals surface area contributed by atoms with E-state index < -0.39 is 10.0 Å². The molecule has 0 atom stereocenters. The van der Waals surface area contributed by atoms with Crippen molar-refractivity contribution >= 4 is 27.3 Å². The number of anilines is 2. The molecule has 2 aromatic rings. The van der Waals surface area contributed by atoms with Crippen LogP contribution in [-0.4, -0.2) is 40.8 Å². The summed E-state index contributed by atoms with van der Waals surface area (Å²) in [4.78, 5) is 14.6. The number of carbonyl (C=O) groups is 1. The number of amides is 1. The highest BCUT2D eigenvalue weighted by Gasteiger charge is 2.24. The Morgan fingerprint density at radius 2 is 1.86 bits per heavy atom. The SMILES string of the molecule is COc1ccccc1N(CCCC(=O)N1CCCc2ccccc21)S(C)(=O)=O. The number of nitrogens with zero attached hydrogens (tertiary/aromatic N) is 2. The van der Waals surface area contributed by atoms with E-state index in [-0.39, 0.29) is 18.9 Å². The van der Waals surface area contributed by atoms with Gasteiger partial charge in [-0.3, -0.25) is 9.10 Å². The van der Waals surface area contributed by atoms with Gasteiger partial charge in [0.2, 0.25) is 15.9 Å². The van der Waals surface area contributed by atoms with Crippen LogP contribution in [0.25, 0.3) is 0 Å². The quantitative estimate of drug-likeness (QED) is 0.713. The van der Waals surface area contributed by atoms with Crippen molar-refractivity contribution in [2.24, 2.45) is 0 Å². The van der Waals surface area contributed by atoms with E-state index in [1.807, 2.05) is 23.1 Å². The minimum absolute atomic E-state index is 0.0284. The molecule has 0 bridgehead atoms. The molecule has 150 valence electrons. The molecule has 2 aromatic carbocycles. The zero-order valence-electron chi connectivity index (χ0n) is 16.3. The average molecular weight is 403 g/mol. The molecule has 6 nitrogen and oxygen atoms in total. The first-order valence-electron chi connectivity index (χ1n) is 9.41. The van der Waals surface area contributed by atoms with Gasteiger partial charge in [-0.2, -0.15) is 0 Å². The molecule has 1 aliphatic rings. The molecule has 0 radical (unpaired) electrons. The van der Waals surface area contributed by atoms with Crippen molar-refractivity contribution in [3.63, 3.8) is 0 Å². The number of hydrogen-bond donors (Lipinski definition) is 0. The number of hydrogen-bond acceptors (Lipinski definition) is 4. The molecule has 1 amide bonds. The van der Waals surface area contributed by atoms with Gasteiger partial charge >= 0.3 is 0 Å². The third-order valence-electron chi connectivity index (χ3n) is 4.92. The fourth-order valence-corrected chi connectivity index (χ4v) is 4.57. The number of sulfonamides is 1. The molecule has 0 fully saturated rings. The Morgan fingerprint density at radius 1 is 1.14 bits per heavy atom. The predicted molar refractivity (Wildman–Crippen MR) is 112 cm³/mol. The summed E-state index contributed by atoms with van der Waals surface area (Å²) in [5.74, 6) is 0.518. The van der Waals surface area contributed by atoms with Crippen molar-refractivity contribution in [1.29, 1.82) is 0 Å². The van der Waals surface area contributed by atoms with Crippen LogP contribution >= 0.6 is 0 Å². The van der Waals surface area contributed by atoms with Crippen LogP contribution in [0.5, 0.6) is 5.75 Å². The van der Waals surface area contributed by atoms with Crippen LogP contribution in [0.4, 0.5) is 11.4 Å². The highest BCUT2D eigenvalue weighted by Crippen LogP contribution is 2.30. The first kappa shape index (κ1) is 20.2. The fraction of sp³-hybridized carbons (Fsp3) is 0.381. The monoisotopic (exact) mass is 402 g/mol. The van der Waals surface area contributed by atoms with Gasteiger partial charge in [0, 0.05) is 25.2 Å². The smallest absolute Gasteiger partial charge is 0.232 e. The topological polar surface area (TPSA) is 66.9 Å². The molecule has 0 unspecified atom stereocenters. The van der Waals surface area contributed by atoms with Crippen molar-refractivity contribution in [2.45, 2.75) is 25.7 Å². The first-order valence-corrected chi connectivity index (χ1v) is 11.3. The van der Waals surface area contributed by atoms with Crippen LogP contribution in [-0.2, 0) is 21.2 Å². The lowest BCUT2D eigenvalue weighted by molar-refractivity contribution is -0.118. The molecule has 28 heavy (non-hydrogen) atoms. The first-order chi connectivity index (χ1) is 13.4. The Labute approximate surface area is 166 Å². The van der Waals surface area contributed by atoms with Gasteiger partial charge < -0.3 is 9.64 Å². The molecule has 7 heteroatoms. The van der Waals surface area contributed by atoms with Crippen molar-refractivity contribution in [3.05, 3.63) is 54.1 Å². The highest BCUT2D eigenvalue weighted by atomic mass is 32.2. The zero-order chi connectivity index (χ0) is 20.1. The number of ether oxygens (including phenoxy) is 1. The third kappa shape index (κ3) is 4.47. The highest BCUT2D eigenvalue weighted by molar-refractivity contribution is 7.92. The maximum atomic E-state index is 12.8. The Hall–Kier alpha value is -2.54. The van der Waals surface area contributed by atoms with E-state index >= 15 is 0 Å². The van der Waals surface area contributed by atoms with Crippen LogP contribution in [0.15, 0.2) is 48.5 Å². The lowest BCUT2D eigenvalue weighted by Gasteiger charge is -2.30. The molecule has 0 saturated carbocycles. The van der Waals surface area contributed by atoms with Gasteiger partial charge in [0.25, 0.3) is 0 Å². The van der Waals surface area contributed by atoms with Gasteiger partial charge in [0.05, 0.1) is 19.1 Å². The van der Waals surface area contributed by atoms with Crippen LogP contribution in [0.3, 0.4) is 0 Å². The van der Waals surface area contributed by atoms with Gasteiger partial charge in [-0.25, -0.2) is 8.42 Å². The minimum Gasteiger partial charge on any atom is -0.495 e. The molecule has 0 saturated heterocycles. The number of para-hydroxylation sites is 3. The molecule has 1 heterocycles. The van der Waals surface area contributed by atoms with Gasteiger partial charge in [-0.05, 0) is 43.0 Å². The van der Waals surface area contributed by atoms with Gasteiger partial charge in [-0.1, -0.05) is 30.3 Å². The normalized spacial score (nSPS) is 13.7. The Morgan fingerprint density at radius 3 is 2.61 bits per heavy atom. The summed E-state index contributed by atoms with van der Waals surface area (Å²) in [5, 5.41) is 0. The number of aryl methyl sites for hydroxylation is 1. The van der Waals surface area contributed by atoms with E-state index in [1.165, 1.54) is 23.2 Å². The lowest BCUT2D eigenvalue weighted by Crippen LogP contribution is -2.36. The van der Waals surface area contributed by atoms with E-state index in [1.54, 1.807) is 24.3 Å². The number of fused-ring (bicyclic) bond motifs is 1. The summed E-state index contributed by atoms with van der Waals surface area (Å²) in [6.07, 6.45) is 3.81. The molecular weight excluding hydrogens is 376 g/mol. The van der Waals surface area contributed by atoms with Gasteiger partial charge in [0.15, 0.2) is 0 Å². The van der Waals surface area contributed by atoms with Crippen molar-refractivity contribution in [2.75, 3.05) is 35.7 Å². The summed E-state index contributed by atoms with van der Waals surface area (Å²) in [5.41, 5.74) is 2.65. The Bertz CT molecular complexity index is 943. The van der Waals surface area contributed by atoms with E-state index in [9.17, 15) is 13.2 Å². The molecular formula is C21H26N2O4S. The maximum absolute atomic E-state index is 12.8. The van der Waals surface area contributed by atoms with Crippen LogP contribution < -0.4 is 13.9 Å². The van der Waals surface area contributed by atoms with Gasteiger partial charge in [0.1, 0.15) is 5.75 Å². The number of carbonyl (C=O) groups excluding carboxylic acids is 1. The number of benzene rings is 2. The third-order valence-corrected chi connectivity index (χ3v) is 6.10. The summed E-state index contributed by atoms with van der Waals surface area (Å²) < 4.78 is 31.2. The van der Waals surface area contributed by atoms with E-state index in [2.05, 4.69) is 6.07 Å². The van der Waals surface area contributed by atoms with E-state index in [4.69, 9.17) is 4.74 Å². The Balaban J connectivity index is 1.69. The molecule has 1 aliphatic heterocycles. The van der Waals surface area contributed by atoms with Crippen LogP contribution in [0.1, 0.15) is 24.8 Å². The van der Waals surface area contributed by atoms with E-state index in [0.29, 0.717) is 24.4 Å². The molecule has 3 rings (SSSR count). The van der Waals surface area contributed by atoms with Crippen molar-refractivity contribution in [3.8, 4) is 5.75 Å². The number of rotatable bonds is 7. The largest absolute Gasteiger partial charge is 0.495 e. The second-order valence-corrected chi connectivity index (χ2v) is 8.79. The number of methoxy groups -OCH3 is 1. The fourth-order valence-electron chi connectivity index (χ4n) is 3.60. The van der Waals surface area contributed by atoms with E-state index in [0.717, 1.165) is 18.5 Å². The minimum atomic E-state index is -3.49. The molecule has 0 aromatic heterocycles. The maximum Gasteiger partial charge on any atom is 0.232 e. The molecule has 0 N–H and O–H groups in total. The molecule has 0 spiro atoms. The molecule has 0 aliphatic carbocycles. The standard InChI is InChI=1S/C21H26N2O4S/c1-27-20-13-6-5-12-19(20)23(28(2,25)26)16-8-14-21(24)22-15-7-10-17-9-3-4-11-18(17)22/h3-6,9,11-13H,7-8,10,14-16H2,1-2H3. The predicted octanol–water partition coefficient (Wildman–Crippen LogP) is 3.22. The van der Waals surface area contributed by atoms with Crippen molar-refractivity contribution in [1.82, 2.24) is 0 Å². The van der Waals surface area contributed by atoms with Crippen LogP contribution in [0.2, 0.25) is 0 Å². The van der Waals surface area contributed by atoms with Gasteiger partial charge in [-0.15, -0.1) is 0 Å².